The van der Waals surface area contributed by atoms with Crippen molar-refractivity contribution in [3.63, 3.8) is 0 Å². The number of furan rings is 1. The molecule has 6 heterocycles. The topological polar surface area (TPSA) is 96.3 Å². The third-order valence-corrected chi connectivity index (χ3v) is 4.96. The summed E-state index contributed by atoms with van der Waals surface area (Å²) in [6.45, 7) is 0. The Morgan fingerprint density at radius 2 is 1.90 bits per heavy atom. The molecule has 0 bridgehead atoms. The second kappa shape index (κ2) is 6.13. The summed E-state index contributed by atoms with van der Waals surface area (Å²) in [6.07, 6.45) is 8.68. The zero-order valence-electron chi connectivity index (χ0n) is 15.1. The number of nitrogens with zero attached hydrogens (tertiary/aromatic N) is 4. The summed E-state index contributed by atoms with van der Waals surface area (Å²) >= 11 is 0. The highest BCUT2D eigenvalue weighted by molar-refractivity contribution is 5.99. The number of H-pyrrole nitrogens is 2. The number of hydrogen-bond donors (Lipinski definition) is 2. The monoisotopic (exact) mass is 378 g/mol. The smallest absolute Gasteiger partial charge is 0.135 e. The molecule has 2 N–H and O–H groups in total. The van der Waals surface area contributed by atoms with Gasteiger partial charge in [-0.05, 0) is 42.5 Å². The Morgan fingerprint density at radius 3 is 2.76 bits per heavy atom. The summed E-state index contributed by atoms with van der Waals surface area (Å²) in [6, 6.07) is 13.8. The third kappa shape index (κ3) is 2.52. The molecule has 0 atom stereocenters. The average Bonchev–Trinajstić information content (AvgIpc) is 3.52. The highest BCUT2D eigenvalue weighted by Gasteiger charge is 2.16. The lowest BCUT2D eigenvalue weighted by molar-refractivity contribution is 0.568. The number of aromatic amines is 2. The lowest BCUT2D eigenvalue weighted by Crippen LogP contribution is -1.86. The van der Waals surface area contributed by atoms with E-state index in [9.17, 15) is 0 Å². The molecule has 138 valence electrons. The van der Waals surface area contributed by atoms with Crippen molar-refractivity contribution in [3.05, 3.63) is 73.6 Å². The zero-order valence-corrected chi connectivity index (χ0v) is 15.1. The van der Waals surface area contributed by atoms with Gasteiger partial charge in [0.2, 0.25) is 0 Å². The first-order valence-electron chi connectivity index (χ1n) is 9.13. The van der Waals surface area contributed by atoms with Gasteiger partial charge in [0.15, 0.2) is 0 Å². The molecule has 0 aliphatic rings. The van der Waals surface area contributed by atoms with Crippen LogP contribution in [0.5, 0.6) is 0 Å². The lowest BCUT2D eigenvalue weighted by Gasteiger charge is -2.00. The SMILES string of the molecule is c1cncc(-c2ccc3[nH]nc(-c4cc5c(-c6ccoc6)nccc5[nH]4)c3n2)c1. The van der Waals surface area contributed by atoms with Crippen LogP contribution in [-0.4, -0.2) is 30.1 Å². The van der Waals surface area contributed by atoms with E-state index in [0.717, 1.165) is 55.8 Å². The Labute approximate surface area is 164 Å². The van der Waals surface area contributed by atoms with Crippen LogP contribution >= 0.6 is 0 Å². The van der Waals surface area contributed by atoms with Gasteiger partial charge in [0.05, 0.1) is 35.1 Å². The Morgan fingerprint density at radius 1 is 0.897 bits per heavy atom. The van der Waals surface area contributed by atoms with Crippen LogP contribution in [-0.2, 0) is 0 Å². The highest BCUT2D eigenvalue weighted by Crippen LogP contribution is 2.33. The van der Waals surface area contributed by atoms with Crippen molar-refractivity contribution in [3.8, 4) is 33.9 Å². The fourth-order valence-corrected chi connectivity index (χ4v) is 3.57. The van der Waals surface area contributed by atoms with Crippen molar-refractivity contribution >= 4 is 21.9 Å². The molecule has 0 saturated heterocycles. The molecule has 7 heteroatoms. The van der Waals surface area contributed by atoms with Gasteiger partial charge in [-0.3, -0.25) is 15.1 Å². The molecular weight excluding hydrogens is 364 g/mol. The van der Waals surface area contributed by atoms with Gasteiger partial charge in [0.25, 0.3) is 0 Å². The van der Waals surface area contributed by atoms with Gasteiger partial charge in [0, 0.05) is 40.6 Å². The van der Waals surface area contributed by atoms with Crippen LogP contribution in [0, 0.1) is 0 Å². The Hall–Kier alpha value is -4.26. The number of hydrogen-bond acceptors (Lipinski definition) is 5. The van der Waals surface area contributed by atoms with Crippen LogP contribution in [0.3, 0.4) is 0 Å². The van der Waals surface area contributed by atoms with E-state index >= 15 is 0 Å². The molecule has 0 unspecified atom stereocenters. The third-order valence-electron chi connectivity index (χ3n) is 4.96. The second-order valence-corrected chi connectivity index (χ2v) is 6.72. The number of rotatable bonds is 3. The van der Waals surface area contributed by atoms with Gasteiger partial charge in [-0.1, -0.05) is 0 Å². The van der Waals surface area contributed by atoms with Crippen molar-refractivity contribution < 1.29 is 4.42 Å². The van der Waals surface area contributed by atoms with E-state index in [4.69, 9.17) is 9.40 Å². The van der Waals surface area contributed by atoms with Crippen molar-refractivity contribution in [1.82, 2.24) is 30.1 Å². The maximum Gasteiger partial charge on any atom is 0.135 e. The standard InChI is InChI=1S/C22H14N6O/c1-2-13(11-23-7-1)16-3-4-18-21(26-16)22(28-27-18)19-10-15-17(25-19)5-8-24-20(15)14-6-9-29-12-14/h1-12,25H,(H,27,28). The summed E-state index contributed by atoms with van der Waals surface area (Å²) in [5.41, 5.74) is 7.91. The van der Waals surface area contributed by atoms with Crippen molar-refractivity contribution in [1.29, 1.82) is 0 Å². The number of pyridine rings is 3. The normalized spacial score (nSPS) is 11.4. The van der Waals surface area contributed by atoms with E-state index in [2.05, 4.69) is 31.2 Å². The predicted octanol–water partition coefficient (Wildman–Crippen LogP) is 4.82. The molecule has 0 saturated carbocycles. The van der Waals surface area contributed by atoms with Gasteiger partial charge in [-0.25, -0.2) is 4.98 Å². The summed E-state index contributed by atoms with van der Waals surface area (Å²) in [4.78, 5) is 17.0. The molecule has 0 radical (unpaired) electrons. The van der Waals surface area contributed by atoms with E-state index in [-0.39, 0.29) is 0 Å². The summed E-state index contributed by atoms with van der Waals surface area (Å²) in [5, 5.41) is 8.59. The Balaban J connectivity index is 1.53. The fraction of sp³-hybridized carbons (Fsp3) is 0. The van der Waals surface area contributed by atoms with Gasteiger partial charge < -0.3 is 9.40 Å². The Kier molecular flexibility index (Phi) is 3.33. The molecule has 0 aliphatic heterocycles. The molecular formula is C22H14N6O. The van der Waals surface area contributed by atoms with Crippen LogP contribution < -0.4 is 0 Å². The zero-order chi connectivity index (χ0) is 19.2. The summed E-state index contributed by atoms with van der Waals surface area (Å²) in [7, 11) is 0. The molecule has 0 aliphatic carbocycles. The molecule has 0 spiro atoms. The van der Waals surface area contributed by atoms with Crippen LogP contribution in [0.2, 0.25) is 0 Å². The van der Waals surface area contributed by atoms with Crippen molar-refractivity contribution in [2.24, 2.45) is 0 Å². The molecule has 0 amide bonds. The average molecular weight is 378 g/mol. The number of fused-ring (bicyclic) bond motifs is 2. The van der Waals surface area contributed by atoms with Gasteiger partial charge in [-0.15, -0.1) is 0 Å². The number of nitrogens with one attached hydrogen (secondary N) is 2. The first kappa shape index (κ1) is 15.8. The van der Waals surface area contributed by atoms with Crippen molar-refractivity contribution in [2.75, 3.05) is 0 Å². The number of aromatic nitrogens is 6. The molecule has 6 aromatic heterocycles. The van der Waals surface area contributed by atoms with Gasteiger partial charge in [-0.2, -0.15) is 5.10 Å². The largest absolute Gasteiger partial charge is 0.472 e. The molecule has 0 fully saturated rings. The lowest BCUT2D eigenvalue weighted by atomic mass is 10.1. The quantitative estimate of drug-likeness (QED) is 0.460. The first-order valence-corrected chi connectivity index (χ1v) is 9.13. The van der Waals surface area contributed by atoms with E-state index in [1.807, 2.05) is 36.4 Å². The minimum atomic E-state index is 0.764. The second-order valence-electron chi connectivity index (χ2n) is 6.72. The maximum absolute atomic E-state index is 5.23. The molecule has 6 aromatic rings. The Bertz CT molecular complexity index is 1450. The highest BCUT2D eigenvalue weighted by atomic mass is 16.3. The van der Waals surface area contributed by atoms with Crippen LogP contribution in [0.15, 0.2) is 78.0 Å². The fourth-order valence-electron chi connectivity index (χ4n) is 3.57. The minimum absolute atomic E-state index is 0.764. The molecule has 7 nitrogen and oxygen atoms in total. The van der Waals surface area contributed by atoms with Crippen LogP contribution in [0.1, 0.15) is 0 Å². The van der Waals surface area contributed by atoms with E-state index < -0.39 is 0 Å². The summed E-state index contributed by atoms with van der Waals surface area (Å²) in [5.74, 6) is 0. The van der Waals surface area contributed by atoms with Gasteiger partial charge in [0.1, 0.15) is 11.2 Å². The van der Waals surface area contributed by atoms with Crippen LogP contribution in [0.25, 0.3) is 55.8 Å². The van der Waals surface area contributed by atoms with E-state index in [0.29, 0.717) is 0 Å². The first-order chi connectivity index (χ1) is 14.4. The van der Waals surface area contributed by atoms with Gasteiger partial charge >= 0.3 is 0 Å². The van der Waals surface area contributed by atoms with E-state index in [1.54, 1.807) is 31.1 Å². The maximum atomic E-state index is 5.23. The van der Waals surface area contributed by atoms with E-state index in [1.165, 1.54) is 0 Å². The molecule has 0 aromatic carbocycles. The summed E-state index contributed by atoms with van der Waals surface area (Å²) < 4.78 is 5.23. The minimum Gasteiger partial charge on any atom is -0.472 e. The predicted molar refractivity (Wildman–Crippen MR) is 110 cm³/mol. The van der Waals surface area contributed by atoms with Crippen molar-refractivity contribution in [2.45, 2.75) is 0 Å². The molecule has 6 rings (SSSR count). The van der Waals surface area contributed by atoms with Crippen LogP contribution in [0.4, 0.5) is 0 Å². The molecule has 29 heavy (non-hydrogen) atoms.